The number of alkyl carbamates (subject to hydrolysis) is 1. The Morgan fingerprint density at radius 2 is 1.75 bits per heavy atom. The molecule has 1 amide bonds. The first-order valence-corrected chi connectivity index (χ1v) is 9.60. The lowest BCUT2D eigenvalue weighted by Crippen LogP contribution is -2.36. The molecule has 0 aromatic carbocycles. The molecule has 0 aliphatic carbocycles. The Hall–Kier alpha value is -1.86. The van der Waals surface area contributed by atoms with E-state index in [2.05, 4.69) is 10.3 Å². The van der Waals surface area contributed by atoms with Gasteiger partial charge < -0.3 is 19.5 Å². The van der Waals surface area contributed by atoms with Crippen molar-refractivity contribution in [2.75, 3.05) is 6.61 Å². The van der Waals surface area contributed by atoms with Gasteiger partial charge in [0.2, 0.25) is 0 Å². The molecule has 0 fully saturated rings. The summed E-state index contributed by atoms with van der Waals surface area (Å²) >= 11 is 6.04. The van der Waals surface area contributed by atoms with Crippen molar-refractivity contribution in [3.05, 3.63) is 29.0 Å². The van der Waals surface area contributed by atoms with Gasteiger partial charge in [-0.05, 0) is 67.0 Å². The van der Waals surface area contributed by atoms with Crippen molar-refractivity contribution < 1.29 is 23.8 Å². The van der Waals surface area contributed by atoms with Crippen LogP contribution in [-0.4, -0.2) is 41.0 Å². The van der Waals surface area contributed by atoms with Crippen molar-refractivity contribution in [3.63, 3.8) is 0 Å². The molecule has 1 heterocycles. The van der Waals surface area contributed by atoms with Gasteiger partial charge in [0, 0.05) is 11.2 Å². The largest absolute Gasteiger partial charge is 0.458 e. The molecule has 0 radical (unpaired) electrons. The Morgan fingerprint density at radius 1 is 1.14 bits per heavy atom. The van der Waals surface area contributed by atoms with E-state index in [1.807, 2.05) is 0 Å². The summed E-state index contributed by atoms with van der Waals surface area (Å²) < 4.78 is 16.2. The maximum atomic E-state index is 12.2. The molecule has 1 aromatic rings. The SMILES string of the molecule is CC(OCC[C@H](NC(=O)OC(C)(C)C)c1cc(Cl)ccn1)C(=O)OC(C)(C)C. The van der Waals surface area contributed by atoms with E-state index in [9.17, 15) is 9.59 Å². The second-order valence-corrected chi connectivity index (χ2v) is 8.87. The normalized spacial score (nSPS) is 14.1. The maximum Gasteiger partial charge on any atom is 0.408 e. The topological polar surface area (TPSA) is 86.8 Å². The molecule has 0 saturated heterocycles. The number of ether oxygens (including phenoxy) is 3. The molecule has 8 heteroatoms. The summed E-state index contributed by atoms with van der Waals surface area (Å²) in [5, 5.41) is 3.28. The molecule has 1 aromatic heterocycles. The van der Waals surface area contributed by atoms with Gasteiger partial charge in [-0.15, -0.1) is 0 Å². The van der Waals surface area contributed by atoms with E-state index < -0.39 is 35.4 Å². The third kappa shape index (κ3) is 9.90. The lowest BCUT2D eigenvalue weighted by atomic mass is 10.1. The molecule has 2 atom stereocenters. The van der Waals surface area contributed by atoms with Crippen LogP contribution in [0.3, 0.4) is 0 Å². The number of hydrogen-bond donors (Lipinski definition) is 1. The number of aromatic nitrogens is 1. The number of nitrogens with zero attached hydrogens (tertiary/aromatic N) is 1. The van der Waals surface area contributed by atoms with Gasteiger partial charge in [-0.2, -0.15) is 0 Å². The second-order valence-electron chi connectivity index (χ2n) is 8.43. The van der Waals surface area contributed by atoms with Crippen molar-refractivity contribution >= 4 is 23.7 Å². The Balaban J connectivity index is 2.73. The highest BCUT2D eigenvalue weighted by Crippen LogP contribution is 2.20. The molecule has 0 bridgehead atoms. The maximum absolute atomic E-state index is 12.2. The van der Waals surface area contributed by atoms with E-state index >= 15 is 0 Å². The second kappa shape index (κ2) is 10.1. The minimum Gasteiger partial charge on any atom is -0.458 e. The standard InChI is InChI=1S/C20H31ClN2O5/c1-13(17(24)27-19(2,3)4)26-11-9-15(16-12-14(21)8-10-22-16)23-18(25)28-20(5,6)7/h8,10,12-13,15H,9,11H2,1-7H3,(H,23,25)/t13?,15-/m0/s1. The van der Waals surface area contributed by atoms with E-state index in [1.165, 1.54) is 0 Å². The highest BCUT2D eigenvalue weighted by molar-refractivity contribution is 6.30. The van der Waals surface area contributed by atoms with Crippen molar-refractivity contribution in [1.82, 2.24) is 10.3 Å². The number of halogens is 1. The van der Waals surface area contributed by atoms with Crippen molar-refractivity contribution in [3.8, 4) is 0 Å². The van der Waals surface area contributed by atoms with Crippen LogP contribution in [-0.2, 0) is 19.0 Å². The summed E-state index contributed by atoms with van der Waals surface area (Å²) in [6, 6.07) is 2.83. The summed E-state index contributed by atoms with van der Waals surface area (Å²) in [6.07, 6.45) is 0.638. The molecular weight excluding hydrogens is 384 g/mol. The van der Waals surface area contributed by atoms with Crippen LogP contribution < -0.4 is 5.32 Å². The van der Waals surface area contributed by atoms with Crippen LogP contribution in [0.1, 0.15) is 66.6 Å². The fraction of sp³-hybridized carbons (Fsp3) is 0.650. The molecule has 0 aliphatic rings. The predicted octanol–water partition coefficient (Wildman–Crippen LogP) is 4.44. The summed E-state index contributed by atoms with van der Waals surface area (Å²) in [7, 11) is 0. The number of carbonyl (C=O) groups excluding carboxylic acids is 2. The average Bonchev–Trinajstić information content (AvgIpc) is 2.50. The molecule has 28 heavy (non-hydrogen) atoms. The third-order valence-electron chi connectivity index (χ3n) is 3.30. The molecule has 1 rings (SSSR count). The molecule has 0 spiro atoms. The molecule has 158 valence electrons. The van der Waals surface area contributed by atoms with E-state index in [1.54, 1.807) is 66.8 Å². The minimum absolute atomic E-state index is 0.203. The zero-order valence-electron chi connectivity index (χ0n) is 17.7. The fourth-order valence-electron chi connectivity index (χ4n) is 2.17. The van der Waals surface area contributed by atoms with Crippen LogP contribution in [0.2, 0.25) is 5.02 Å². The van der Waals surface area contributed by atoms with Gasteiger partial charge in [0.15, 0.2) is 6.10 Å². The van der Waals surface area contributed by atoms with Crippen LogP contribution in [0, 0.1) is 0 Å². The minimum atomic E-state index is -0.728. The van der Waals surface area contributed by atoms with Gasteiger partial charge >= 0.3 is 12.1 Å². The Labute approximate surface area is 172 Å². The Bertz CT molecular complexity index is 667. The van der Waals surface area contributed by atoms with Crippen molar-refractivity contribution in [2.45, 2.75) is 78.2 Å². The molecular formula is C20H31ClN2O5. The molecule has 7 nitrogen and oxygen atoms in total. The van der Waals surface area contributed by atoms with Gasteiger partial charge in [-0.3, -0.25) is 4.98 Å². The average molecular weight is 415 g/mol. The highest BCUT2D eigenvalue weighted by atomic mass is 35.5. The predicted molar refractivity (Wildman–Crippen MR) is 107 cm³/mol. The zero-order valence-corrected chi connectivity index (χ0v) is 18.4. The van der Waals surface area contributed by atoms with E-state index in [0.717, 1.165) is 0 Å². The fourth-order valence-corrected chi connectivity index (χ4v) is 2.34. The first-order valence-electron chi connectivity index (χ1n) is 9.22. The van der Waals surface area contributed by atoms with Crippen LogP contribution in [0.4, 0.5) is 4.79 Å². The van der Waals surface area contributed by atoms with Gasteiger partial charge in [0.1, 0.15) is 11.2 Å². The first-order chi connectivity index (χ1) is 12.8. The molecule has 0 saturated carbocycles. The van der Waals surface area contributed by atoms with Gasteiger partial charge in [-0.25, -0.2) is 9.59 Å². The number of hydrogen-bond acceptors (Lipinski definition) is 6. The number of esters is 1. The van der Waals surface area contributed by atoms with E-state index in [4.69, 9.17) is 25.8 Å². The smallest absolute Gasteiger partial charge is 0.408 e. The summed E-state index contributed by atoms with van der Waals surface area (Å²) in [5.74, 6) is -0.440. The van der Waals surface area contributed by atoms with E-state index in [0.29, 0.717) is 17.1 Å². The number of pyridine rings is 1. The van der Waals surface area contributed by atoms with Crippen LogP contribution in [0.15, 0.2) is 18.3 Å². The Kier molecular flexibility index (Phi) is 8.70. The van der Waals surface area contributed by atoms with Gasteiger partial charge in [0.25, 0.3) is 0 Å². The lowest BCUT2D eigenvalue weighted by Gasteiger charge is -2.24. The molecule has 0 aliphatic heterocycles. The highest BCUT2D eigenvalue weighted by Gasteiger charge is 2.24. The lowest BCUT2D eigenvalue weighted by molar-refractivity contribution is -0.167. The summed E-state index contributed by atoms with van der Waals surface area (Å²) in [5.41, 5.74) is -0.634. The summed E-state index contributed by atoms with van der Waals surface area (Å²) in [4.78, 5) is 28.5. The monoisotopic (exact) mass is 414 g/mol. The Morgan fingerprint density at radius 3 is 2.29 bits per heavy atom. The van der Waals surface area contributed by atoms with Crippen molar-refractivity contribution in [1.29, 1.82) is 0 Å². The van der Waals surface area contributed by atoms with Crippen LogP contribution in [0.25, 0.3) is 0 Å². The third-order valence-corrected chi connectivity index (χ3v) is 3.54. The number of amides is 1. The number of carbonyl (C=O) groups is 2. The molecule has 1 unspecified atom stereocenters. The first kappa shape index (κ1) is 24.2. The van der Waals surface area contributed by atoms with Gasteiger partial charge in [0.05, 0.1) is 18.3 Å². The van der Waals surface area contributed by atoms with Crippen LogP contribution in [0.5, 0.6) is 0 Å². The van der Waals surface area contributed by atoms with Crippen LogP contribution >= 0.6 is 11.6 Å². The van der Waals surface area contributed by atoms with E-state index in [-0.39, 0.29) is 6.61 Å². The summed E-state index contributed by atoms with van der Waals surface area (Å²) in [6.45, 7) is 12.6. The zero-order chi connectivity index (χ0) is 21.5. The molecule has 1 N–H and O–H groups in total. The number of rotatable bonds is 7. The quantitative estimate of drug-likeness (QED) is 0.664. The number of nitrogens with one attached hydrogen (secondary N) is 1. The van der Waals surface area contributed by atoms with Crippen molar-refractivity contribution in [2.24, 2.45) is 0 Å². The van der Waals surface area contributed by atoms with Gasteiger partial charge in [-0.1, -0.05) is 11.6 Å².